The van der Waals surface area contributed by atoms with Crippen molar-refractivity contribution in [2.45, 2.75) is 40.2 Å². The Labute approximate surface area is 146 Å². The molecule has 1 aliphatic rings. The van der Waals surface area contributed by atoms with Crippen LogP contribution in [0.5, 0.6) is 5.75 Å². The number of rotatable bonds is 6. The van der Waals surface area contributed by atoms with Gasteiger partial charge in [-0.25, -0.2) is 4.79 Å². The number of carbonyl (C=O) groups is 1. The minimum Gasteiger partial charge on any atom is -0.491 e. The van der Waals surface area contributed by atoms with Crippen molar-refractivity contribution >= 4 is 11.7 Å². The quantitative estimate of drug-likeness (QED) is 0.865. The van der Waals surface area contributed by atoms with Gasteiger partial charge in [-0.05, 0) is 70.5 Å². The van der Waals surface area contributed by atoms with Gasteiger partial charge in [-0.15, -0.1) is 0 Å². The summed E-state index contributed by atoms with van der Waals surface area (Å²) in [6, 6.07) is 5.80. The number of urea groups is 1. The number of benzene rings is 1. The van der Waals surface area contributed by atoms with Gasteiger partial charge in [0.05, 0.1) is 6.10 Å². The standard InChI is InChI=1S/C19H31N3O2/c1-6-21(5)12-16-9-10-22(13-16)19(23)20-18-8-7-17(11-15(18)4)24-14(2)3/h7-8,11,14,16H,6,9-10,12-13H2,1-5H3,(H,20,23)/t16-/m0/s1. The molecule has 0 spiro atoms. The number of carbonyl (C=O) groups excluding carboxylic acids is 1. The van der Waals surface area contributed by atoms with Gasteiger partial charge in [0.1, 0.15) is 5.75 Å². The largest absolute Gasteiger partial charge is 0.491 e. The molecule has 0 aromatic heterocycles. The van der Waals surface area contributed by atoms with Crippen molar-refractivity contribution in [2.24, 2.45) is 5.92 Å². The fourth-order valence-electron chi connectivity index (χ4n) is 3.05. The van der Waals surface area contributed by atoms with E-state index in [2.05, 4.69) is 24.2 Å². The van der Waals surface area contributed by atoms with Crippen LogP contribution in [-0.4, -0.2) is 55.2 Å². The SMILES string of the molecule is CCN(C)C[C@@H]1CCN(C(=O)Nc2ccc(OC(C)C)cc2C)C1. The van der Waals surface area contributed by atoms with Crippen molar-refractivity contribution in [3.63, 3.8) is 0 Å². The molecule has 0 unspecified atom stereocenters. The topological polar surface area (TPSA) is 44.8 Å². The highest BCUT2D eigenvalue weighted by molar-refractivity contribution is 5.90. The molecule has 1 saturated heterocycles. The Bertz CT molecular complexity index is 560. The lowest BCUT2D eigenvalue weighted by Crippen LogP contribution is -2.34. The summed E-state index contributed by atoms with van der Waals surface area (Å²) >= 11 is 0. The van der Waals surface area contributed by atoms with Gasteiger partial charge in [0, 0.05) is 25.3 Å². The van der Waals surface area contributed by atoms with Crippen molar-refractivity contribution in [1.82, 2.24) is 9.80 Å². The molecule has 1 aromatic carbocycles. The van der Waals surface area contributed by atoms with Crippen LogP contribution in [0.2, 0.25) is 0 Å². The van der Waals surface area contributed by atoms with E-state index in [4.69, 9.17) is 4.74 Å². The second-order valence-corrected chi connectivity index (χ2v) is 7.03. The van der Waals surface area contributed by atoms with E-state index in [1.54, 1.807) is 0 Å². The first-order chi connectivity index (χ1) is 11.4. The van der Waals surface area contributed by atoms with Gasteiger partial charge in [0.2, 0.25) is 0 Å². The molecule has 0 radical (unpaired) electrons. The second-order valence-electron chi connectivity index (χ2n) is 7.03. The van der Waals surface area contributed by atoms with E-state index in [1.165, 1.54) is 0 Å². The Balaban J connectivity index is 1.91. The van der Waals surface area contributed by atoms with E-state index in [1.807, 2.05) is 43.9 Å². The number of hydrogen-bond acceptors (Lipinski definition) is 3. The third-order valence-corrected chi connectivity index (χ3v) is 4.49. The molecule has 1 heterocycles. The van der Waals surface area contributed by atoms with Crippen LogP contribution in [0.25, 0.3) is 0 Å². The molecule has 5 nitrogen and oxygen atoms in total. The molecule has 0 aliphatic carbocycles. The second kappa shape index (κ2) is 8.38. The lowest BCUT2D eigenvalue weighted by Gasteiger charge is -2.21. The fraction of sp³-hybridized carbons (Fsp3) is 0.632. The van der Waals surface area contributed by atoms with E-state index in [-0.39, 0.29) is 12.1 Å². The van der Waals surface area contributed by atoms with Crippen molar-refractivity contribution in [1.29, 1.82) is 0 Å². The third kappa shape index (κ3) is 5.13. The zero-order chi connectivity index (χ0) is 17.7. The van der Waals surface area contributed by atoms with Crippen LogP contribution in [0, 0.1) is 12.8 Å². The van der Waals surface area contributed by atoms with Crippen LogP contribution in [0.4, 0.5) is 10.5 Å². The van der Waals surface area contributed by atoms with E-state index < -0.39 is 0 Å². The van der Waals surface area contributed by atoms with Crippen LogP contribution < -0.4 is 10.1 Å². The van der Waals surface area contributed by atoms with E-state index in [0.29, 0.717) is 5.92 Å². The molecule has 1 aromatic rings. The number of likely N-dealkylation sites (tertiary alicyclic amines) is 1. The lowest BCUT2D eigenvalue weighted by molar-refractivity contribution is 0.218. The van der Waals surface area contributed by atoms with Gasteiger partial charge >= 0.3 is 6.03 Å². The smallest absolute Gasteiger partial charge is 0.321 e. The average Bonchev–Trinajstić information content (AvgIpc) is 2.97. The minimum atomic E-state index is -0.00252. The Morgan fingerprint density at radius 3 is 2.83 bits per heavy atom. The highest BCUT2D eigenvalue weighted by atomic mass is 16.5. The van der Waals surface area contributed by atoms with Gasteiger partial charge in [0.25, 0.3) is 0 Å². The molecule has 24 heavy (non-hydrogen) atoms. The number of nitrogens with zero attached hydrogens (tertiary/aromatic N) is 2. The third-order valence-electron chi connectivity index (χ3n) is 4.49. The monoisotopic (exact) mass is 333 g/mol. The maximum Gasteiger partial charge on any atom is 0.321 e. The highest BCUT2D eigenvalue weighted by Crippen LogP contribution is 2.24. The van der Waals surface area contributed by atoms with Crippen LogP contribution in [0.3, 0.4) is 0 Å². The summed E-state index contributed by atoms with van der Waals surface area (Å²) in [4.78, 5) is 16.7. The number of anilines is 1. The molecule has 1 fully saturated rings. The van der Waals surface area contributed by atoms with Gasteiger partial charge in [-0.2, -0.15) is 0 Å². The zero-order valence-corrected chi connectivity index (χ0v) is 15.6. The number of nitrogens with one attached hydrogen (secondary N) is 1. The predicted octanol–water partition coefficient (Wildman–Crippen LogP) is 3.59. The molecule has 1 atom stereocenters. The summed E-state index contributed by atoms with van der Waals surface area (Å²) in [6.07, 6.45) is 1.23. The van der Waals surface area contributed by atoms with Gasteiger partial charge in [0.15, 0.2) is 0 Å². The van der Waals surface area contributed by atoms with Crippen LogP contribution >= 0.6 is 0 Å². The summed E-state index contributed by atoms with van der Waals surface area (Å²) in [7, 11) is 2.13. The highest BCUT2D eigenvalue weighted by Gasteiger charge is 2.27. The lowest BCUT2D eigenvalue weighted by atomic mass is 10.1. The Morgan fingerprint density at radius 1 is 1.46 bits per heavy atom. The molecular formula is C19H31N3O2. The molecule has 0 bridgehead atoms. The van der Waals surface area contributed by atoms with Gasteiger partial charge < -0.3 is 19.9 Å². The molecule has 2 rings (SSSR count). The van der Waals surface area contributed by atoms with Gasteiger partial charge in [-0.3, -0.25) is 0 Å². The Hall–Kier alpha value is -1.75. The maximum atomic E-state index is 12.5. The molecule has 2 amide bonds. The molecular weight excluding hydrogens is 302 g/mol. The first-order valence-corrected chi connectivity index (χ1v) is 8.90. The number of hydrogen-bond donors (Lipinski definition) is 1. The maximum absolute atomic E-state index is 12.5. The number of amides is 2. The summed E-state index contributed by atoms with van der Waals surface area (Å²) in [6.45, 7) is 11.9. The van der Waals surface area contributed by atoms with Gasteiger partial charge in [-0.1, -0.05) is 6.92 Å². The minimum absolute atomic E-state index is 0.00252. The average molecular weight is 333 g/mol. The van der Waals surface area contributed by atoms with E-state index >= 15 is 0 Å². The number of aryl methyl sites for hydroxylation is 1. The molecule has 5 heteroatoms. The van der Waals surface area contributed by atoms with Crippen LogP contribution in [0.1, 0.15) is 32.8 Å². The first-order valence-electron chi connectivity index (χ1n) is 8.90. The molecule has 1 N–H and O–H groups in total. The van der Waals surface area contributed by atoms with Crippen molar-refractivity contribution in [3.05, 3.63) is 23.8 Å². The van der Waals surface area contributed by atoms with Crippen molar-refractivity contribution < 1.29 is 9.53 Å². The summed E-state index contributed by atoms with van der Waals surface area (Å²) < 4.78 is 5.69. The van der Waals surface area contributed by atoms with E-state index in [0.717, 1.165) is 49.6 Å². The molecule has 0 saturated carbocycles. The first kappa shape index (κ1) is 18.6. The Morgan fingerprint density at radius 2 is 2.21 bits per heavy atom. The fourth-order valence-corrected chi connectivity index (χ4v) is 3.05. The summed E-state index contributed by atoms with van der Waals surface area (Å²) in [5, 5.41) is 3.04. The summed E-state index contributed by atoms with van der Waals surface area (Å²) in [5.74, 6) is 1.41. The van der Waals surface area contributed by atoms with E-state index in [9.17, 15) is 4.79 Å². The van der Waals surface area contributed by atoms with Crippen LogP contribution in [-0.2, 0) is 0 Å². The van der Waals surface area contributed by atoms with Crippen molar-refractivity contribution in [3.8, 4) is 5.75 Å². The summed E-state index contributed by atoms with van der Waals surface area (Å²) in [5.41, 5.74) is 1.87. The normalized spacial score (nSPS) is 17.6. The Kier molecular flexibility index (Phi) is 6.49. The van der Waals surface area contributed by atoms with Crippen LogP contribution in [0.15, 0.2) is 18.2 Å². The zero-order valence-electron chi connectivity index (χ0n) is 15.6. The molecule has 1 aliphatic heterocycles. The number of ether oxygens (including phenoxy) is 1. The van der Waals surface area contributed by atoms with Crippen molar-refractivity contribution in [2.75, 3.05) is 38.5 Å². The molecule has 134 valence electrons. The predicted molar refractivity (Wildman–Crippen MR) is 98.8 cm³/mol.